The number of carbonyl (C=O) groups excluding carboxylic acids is 1. The Kier molecular flexibility index (Phi) is 4.40. The topological polar surface area (TPSA) is 65.8 Å². The van der Waals surface area contributed by atoms with Crippen LogP contribution in [-0.2, 0) is 17.6 Å². The van der Waals surface area contributed by atoms with Crippen molar-refractivity contribution in [2.24, 2.45) is 0 Å². The van der Waals surface area contributed by atoms with Crippen molar-refractivity contribution in [1.82, 2.24) is 4.98 Å². The van der Waals surface area contributed by atoms with Crippen molar-refractivity contribution in [2.75, 3.05) is 11.1 Å². The standard InChI is InChI=1S/C17H15N3OS/c18-10-13-9-12-5-4-8-15(12)20-17(13)22-11-16(21)19-14-6-2-1-3-7-14/h1-3,6-7,9H,4-5,8,11H2,(H,19,21). The predicted molar refractivity (Wildman–Crippen MR) is 86.8 cm³/mol. The average Bonchev–Trinajstić information content (AvgIpc) is 3.00. The highest BCUT2D eigenvalue weighted by molar-refractivity contribution is 8.00. The molecule has 5 heteroatoms. The van der Waals surface area contributed by atoms with Gasteiger partial charge in [0.15, 0.2) is 0 Å². The number of rotatable bonds is 4. The second-order valence-corrected chi connectivity index (χ2v) is 6.08. The maximum absolute atomic E-state index is 12.0. The number of carbonyl (C=O) groups is 1. The highest BCUT2D eigenvalue weighted by Crippen LogP contribution is 2.27. The smallest absolute Gasteiger partial charge is 0.234 e. The van der Waals surface area contributed by atoms with E-state index in [0.29, 0.717) is 10.6 Å². The number of anilines is 1. The molecule has 0 aliphatic heterocycles. The molecule has 0 saturated heterocycles. The summed E-state index contributed by atoms with van der Waals surface area (Å²) in [6.07, 6.45) is 3.05. The zero-order chi connectivity index (χ0) is 15.4. The molecule has 1 aromatic carbocycles. The molecule has 0 saturated carbocycles. The van der Waals surface area contributed by atoms with E-state index in [2.05, 4.69) is 16.4 Å². The molecule has 0 bridgehead atoms. The molecule has 22 heavy (non-hydrogen) atoms. The second kappa shape index (κ2) is 6.63. The van der Waals surface area contributed by atoms with Gasteiger partial charge in [0.2, 0.25) is 5.91 Å². The molecule has 1 aliphatic rings. The van der Waals surface area contributed by atoms with Gasteiger partial charge in [0.1, 0.15) is 11.1 Å². The number of nitrogens with zero attached hydrogens (tertiary/aromatic N) is 2. The van der Waals surface area contributed by atoms with Crippen LogP contribution in [0.15, 0.2) is 41.4 Å². The summed E-state index contributed by atoms with van der Waals surface area (Å²) in [6, 6.07) is 13.4. The Morgan fingerprint density at radius 1 is 1.32 bits per heavy atom. The SMILES string of the molecule is N#Cc1cc2c(nc1SCC(=O)Nc1ccccc1)CCC2. The van der Waals surface area contributed by atoms with Crippen molar-refractivity contribution in [1.29, 1.82) is 5.26 Å². The lowest BCUT2D eigenvalue weighted by atomic mass is 10.2. The number of fused-ring (bicyclic) bond motifs is 1. The Morgan fingerprint density at radius 3 is 2.91 bits per heavy atom. The van der Waals surface area contributed by atoms with Gasteiger partial charge in [-0.1, -0.05) is 30.0 Å². The van der Waals surface area contributed by atoms with Crippen LogP contribution in [0, 0.1) is 11.3 Å². The number of aromatic nitrogens is 1. The van der Waals surface area contributed by atoms with Gasteiger partial charge in [-0.15, -0.1) is 0 Å². The molecule has 1 aliphatic carbocycles. The van der Waals surface area contributed by atoms with Crippen LogP contribution in [0.25, 0.3) is 0 Å². The van der Waals surface area contributed by atoms with Crippen LogP contribution in [0.1, 0.15) is 23.2 Å². The molecule has 1 amide bonds. The Labute approximate surface area is 133 Å². The summed E-state index contributed by atoms with van der Waals surface area (Å²) in [7, 11) is 0. The third kappa shape index (κ3) is 3.29. The molecule has 0 spiro atoms. The number of para-hydroxylation sites is 1. The second-order valence-electron chi connectivity index (χ2n) is 5.12. The van der Waals surface area contributed by atoms with E-state index in [9.17, 15) is 10.1 Å². The molecule has 1 N–H and O–H groups in total. The molecular formula is C17H15N3OS. The summed E-state index contributed by atoms with van der Waals surface area (Å²) in [4.78, 5) is 16.5. The van der Waals surface area contributed by atoms with E-state index in [4.69, 9.17) is 0 Å². The number of benzene rings is 1. The van der Waals surface area contributed by atoms with Crippen LogP contribution in [-0.4, -0.2) is 16.6 Å². The summed E-state index contributed by atoms with van der Waals surface area (Å²) in [5.74, 6) is 0.150. The van der Waals surface area contributed by atoms with Crippen molar-refractivity contribution >= 4 is 23.4 Å². The molecule has 0 radical (unpaired) electrons. The summed E-state index contributed by atoms with van der Waals surface area (Å²) >= 11 is 1.32. The molecule has 1 heterocycles. The Bertz CT molecular complexity index is 738. The Hall–Kier alpha value is -2.32. The first kappa shape index (κ1) is 14.6. The lowest BCUT2D eigenvalue weighted by Gasteiger charge is -2.07. The zero-order valence-corrected chi connectivity index (χ0v) is 12.8. The molecule has 4 nitrogen and oxygen atoms in total. The van der Waals surface area contributed by atoms with E-state index in [0.717, 1.165) is 30.6 Å². The fourth-order valence-corrected chi connectivity index (χ4v) is 3.27. The van der Waals surface area contributed by atoms with Gasteiger partial charge in [-0.05, 0) is 43.0 Å². The van der Waals surface area contributed by atoms with Gasteiger partial charge in [-0.3, -0.25) is 4.79 Å². The van der Waals surface area contributed by atoms with Crippen LogP contribution in [0.3, 0.4) is 0 Å². The number of hydrogen-bond donors (Lipinski definition) is 1. The van der Waals surface area contributed by atoms with Crippen LogP contribution in [0.5, 0.6) is 0 Å². The van der Waals surface area contributed by atoms with E-state index < -0.39 is 0 Å². The van der Waals surface area contributed by atoms with Crippen LogP contribution < -0.4 is 5.32 Å². The fourth-order valence-electron chi connectivity index (χ4n) is 2.50. The summed E-state index contributed by atoms with van der Waals surface area (Å²) < 4.78 is 0. The molecule has 0 atom stereocenters. The molecular weight excluding hydrogens is 294 g/mol. The maximum Gasteiger partial charge on any atom is 0.234 e. The monoisotopic (exact) mass is 309 g/mol. The highest BCUT2D eigenvalue weighted by atomic mass is 32.2. The van der Waals surface area contributed by atoms with Crippen molar-refractivity contribution in [3.63, 3.8) is 0 Å². The Balaban J connectivity index is 1.66. The minimum Gasteiger partial charge on any atom is -0.325 e. The largest absolute Gasteiger partial charge is 0.325 e. The number of amides is 1. The number of thioether (sulfide) groups is 1. The molecule has 110 valence electrons. The normalized spacial score (nSPS) is 12.5. The lowest BCUT2D eigenvalue weighted by Crippen LogP contribution is -2.14. The van der Waals surface area contributed by atoms with E-state index in [1.54, 1.807) is 0 Å². The lowest BCUT2D eigenvalue weighted by molar-refractivity contribution is -0.113. The summed E-state index contributed by atoms with van der Waals surface area (Å²) in [6.45, 7) is 0. The van der Waals surface area contributed by atoms with Gasteiger partial charge in [0.05, 0.1) is 11.3 Å². The zero-order valence-electron chi connectivity index (χ0n) is 12.0. The number of hydrogen-bond acceptors (Lipinski definition) is 4. The fraction of sp³-hybridized carbons (Fsp3) is 0.235. The van der Waals surface area contributed by atoms with Gasteiger partial charge < -0.3 is 5.32 Å². The summed E-state index contributed by atoms with van der Waals surface area (Å²) in [5.41, 5.74) is 3.59. The third-order valence-electron chi connectivity index (χ3n) is 3.53. The number of aryl methyl sites for hydroxylation is 2. The van der Waals surface area contributed by atoms with Crippen LogP contribution in [0.4, 0.5) is 5.69 Å². The quantitative estimate of drug-likeness (QED) is 0.881. The van der Waals surface area contributed by atoms with Gasteiger partial charge in [0, 0.05) is 11.4 Å². The van der Waals surface area contributed by atoms with Crippen LogP contribution in [0.2, 0.25) is 0 Å². The van der Waals surface area contributed by atoms with Gasteiger partial charge in [-0.2, -0.15) is 5.26 Å². The van der Waals surface area contributed by atoms with Crippen LogP contribution >= 0.6 is 11.8 Å². The summed E-state index contributed by atoms with van der Waals surface area (Å²) in [5, 5.41) is 12.7. The third-order valence-corrected chi connectivity index (χ3v) is 4.52. The predicted octanol–water partition coefficient (Wildman–Crippen LogP) is 3.17. The van der Waals surface area contributed by atoms with Crippen molar-refractivity contribution < 1.29 is 4.79 Å². The molecule has 1 aromatic heterocycles. The molecule has 0 unspecified atom stereocenters. The maximum atomic E-state index is 12.0. The number of nitriles is 1. The van der Waals surface area contributed by atoms with E-state index in [-0.39, 0.29) is 11.7 Å². The van der Waals surface area contributed by atoms with Gasteiger partial charge in [0.25, 0.3) is 0 Å². The molecule has 3 rings (SSSR count). The van der Waals surface area contributed by atoms with Gasteiger partial charge in [-0.25, -0.2) is 4.98 Å². The van der Waals surface area contributed by atoms with Crippen molar-refractivity contribution in [2.45, 2.75) is 24.3 Å². The van der Waals surface area contributed by atoms with E-state index >= 15 is 0 Å². The molecule has 0 fully saturated rings. The molecule has 2 aromatic rings. The first-order valence-electron chi connectivity index (χ1n) is 7.17. The average molecular weight is 309 g/mol. The van der Waals surface area contributed by atoms with Crippen molar-refractivity contribution in [3.05, 3.63) is 53.2 Å². The highest BCUT2D eigenvalue weighted by Gasteiger charge is 2.17. The van der Waals surface area contributed by atoms with Gasteiger partial charge >= 0.3 is 0 Å². The van der Waals surface area contributed by atoms with E-state index in [1.807, 2.05) is 36.4 Å². The number of nitrogens with one attached hydrogen (secondary N) is 1. The Morgan fingerprint density at radius 2 is 2.14 bits per heavy atom. The van der Waals surface area contributed by atoms with E-state index in [1.165, 1.54) is 17.3 Å². The minimum atomic E-state index is -0.0950. The first-order valence-corrected chi connectivity index (χ1v) is 8.15. The number of pyridine rings is 1. The van der Waals surface area contributed by atoms with Crippen molar-refractivity contribution in [3.8, 4) is 6.07 Å². The minimum absolute atomic E-state index is 0.0950. The first-order chi connectivity index (χ1) is 10.8.